The van der Waals surface area contributed by atoms with Crippen molar-refractivity contribution < 1.29 is 13.2 Å². The predicted octanol–water partition coefficient (Wildman–Crippen LogP) is 8.45. The molecule has 35 heavy (non-hydrogen) atoms. The highest BCUT2D eigenvalue weighted by atomic mass is 19.4. The second kappa shape index (κ2) is 10.5. The van der Waals surface area contributed by atoms with Gasteiger partial charge in [0.05, 0.1) is 5.56 Å². The van der Waals surface area contributed by atoms with Gasteiger partial charge in [-0.2, -0.15) is 13.2 Å². The Kier molecular flexibility index (Phi) is 7.80. The first kappa shape index (κ1) is 26.0. The number of hydrogen-bond acceptors (Lipinski definition) is 1. The fourth-order valence-corrected chi connectivity index (χ4v) is 6.00. The van der Waals surface area contributed by atoms with Crippen molar-refractivity contribution in [3.63, 3.8) is 0 Å². The summed E-state index contributed by atoms with van der Waals surface area (Å²) < 4.78 is 42.2. The molecule has 1 saturated carbocycles. The zero-order chi connectivity index (χ0) is 25.2. The molecule has 0 spiro atoms. The van der Waals surface area contributed by atoms with Gasteiger partial charge in [-0.05, 0) is 70.9 Å². The number of benzene rings is 2. The van der Waals surface area contributed by atoms with Gasteiger partial charge in [-0.15, -0.1) is 6.58 Å². The van der Waals surface area contributed by atoms with Crippen molar-refractivity contribution in [2.24, 2.45) is 5.92 Å². The molecule has 0 bridgehead atoms. The highest BCUT2D eigenvalue weighted by Crippen LogP contribution is 2.42. The number of rotatable bonds is 8. The van der Waals surface area contributed by atoms with Crippen molar-refractivity contribution in [1.29, 1.82) is 0 Å². The van der Waals surface area contributed by atoms with Crippen LogP contribution in [0.5, 0.6) is 0 Å². The minimum absolute atomic E-state index is 0.0373. The number of aryl methyl sites for hydroxylation is 1. The van der Waals surface area contributed by atoms with Gasteiger partial charge in [0.15, 0.2) is 0 Å². The van der Waals surface area contributed by atoms with Crippen LogP contribution < -0.4 is 0 Å². The third-order valence-corrected chi connectivity index (χ3v) is 8.20. The van der Waals surface area contributed by atoms with E-state index in [2.05, 4.69) is 50.4 Å². The summed E-state index contributed by atoms with van der Waals surface area (Å²) in [7, 11) is 0. The lowest BCUT2D eigenvalue weighted by Gasteiger charge is -2.38. The second-order valence-corrected chi connectivity index (χ2v) is 11.3. The van der Waals surface area contributed by atoms with Crippen LogP contribution in [0, 0.1) is 5.92 Å². The van der Waals surface area contributed by atoms with Crippen molar-refractivity contribution >= 4 is 0 Å². The predicted molar refractivity (Wildman–Crippen MR) is 139 cm³/mol. The molecular formula is C31H40F3N. The van der Waals surface area contributed by atoms with Crippen LogP contribution in [0.25, 0.3) is 0 Å². The van der Waals surface area contributed by atoms with Crippen LogP contribution in [0.15, 0.2) is 49.1 Å². The topological polar surface area (TPSA) is 3.24 Å². The summed E-state index contributed by atoms with van der Waals surface area (Å²) in [5, 5.41) is 0. The van der Waals surface area contributed by atoms with Gasteiger partial charge in [0, 0.05) is 25.6 Å². The molecule has 4 heteroatoms. The third-order valence-electron chi connectivity index (χ3n) is 8.20. The van der Waals surface area contributed by atoms with Crippen LogP contribution in [0.4, 0.5) is 13.2 Å². The number of alkyl halides is 3. The van der Waals surface area contributed by atoms with Crippen LogP contribution >= 0.6 is 0 Å². The van der Waals surface area contributed by atoms with E-state index in [1.54, 1.807) is 6.07 Å². The average molecular weight is 484 g/mol. The molecule has 2 aromatic carbocycles. The molecule has 1 aliphatic heterocycles. The standard InChI is InChI=1S/C31H40F3N/c1-5-22-19-35(20-22)21-26-13-14-27(17-24(26)6-2)30(3,4)18-23-12-15-28(25-10-8-7-9-11-25)29(16-23)31(32,33)34/h5,12-17,22,25H,1,6-11,18-21H2,2-4H3. The molecule has 1 saturated heterocycles. The Morgan fingerprint density at radius 2 is 1.69 bits per heavy atom. The van der Waals surface area contributed by atoms with Crippen molar-refractivity contribution in [2.75, 3.05) is 13.1 Å². The zero-order valence-corrected chi connectivity index (χ0v) is 21.6. The fraction of sp³-hybridized carbons (Fsp3) is 0.548. The molecule has 1 nitrogen and oxygen atoms in total. The highest BCUT2D eigenvalue weighted by molar-refractivity contribution is 5.40. The minimum Gasteiger partial charge on any atom is -0.298 e. The summed E-state index contributed by atoms with van der Waals surface area (Å²) >= 11 is 0. The van der Waals surface area contributed by atoms with Gasteiger partial charge in [-0.25, -0.2) is 0 Å². The Morgan fingerprint density at radius 3 is 2.31 bits per heavy atom. The lowest BCUT2D eigenvalue weighted by molar-refractivity contribution is -0.138. The molecule has 2 fully saturated rings. The first-order valence-electron chi connectivity index (χ1n) is 13.3. The molecular weight excluding hydrogens is 443 g/mol. The van der Waals surface area contributed by atoms with Gasteiger partial charge in [0.2, 0.25) is 0 Å². The molecule has 1 heterocycles. The van der Waals surface area contributed by atoms with Crippen LogP contribution in [0.1, 0.15) is 92.2 Å². The van der Waals surface area contributed by atoms with E-state index in [1.165, 1.54) is 22.8 Å². The highest BCUT2D eigenvalue weighted by Gasteiger charge is 2.36. The van der Waals surface area contributed by atoms with Crippen LogP contribution in [-0.4, -0.2) is 18.0 Å². The third kappa shape index (κ3) is 6.02. The van der Waals surface area contributed by atoms with E-state index in [0.29, 0.717) is 17.9 Å². The first-order valence-corrected chi connectivity index (χ1v) is 13.3. The van der Waals surface area contributed by atoms with Crippen molar-refractivity contribution in [3.8, 4) is 0 Å². The van der Waals surface area contributed by atoms with Gasteiger partial charge in [-0.3, -0.25) is 4.90 Å². The van der Waals surface area contributed by atoms with E-state index in [0.717, 1.165) is 63.7 Å². The quantitative estimate of drug-likeness (QED) is 0.340. The number of hydrogen-bond donors (Lipinski definition) is 0. The van der Waals surface area contributed by atoms with Gasteiger partial charge >= 0.3 is 6.18 Å². The van der Waals surface area contributed by atoms with Crippen LogP contribution in [0.3, 0.4) is 0 Å². The second-order valence-electron chi connectivity index (χ2n) is 11.3. The molecule has 1 aliphatic carbocycles. The zero-order valence-electron chi connectivity index (χ0n) is 21.6. The van der Waals surface area contributed by atoms with Crippen molar-refractivity contribution in [2.45, 2.75) is 89.8 Å². The average Bonchev–Trinajstić information content (AvgIpc) is 2.80. The smallest absolute Gasteiger partial charge is 0.298 e. The summed E-state index contributed by atoms with van der Waals surface area (Å²) in [6, 6.07) is 11.8. The van der Waals surface area contributed by atoms with E-state index in [-0.39, 0.29) is 11.3 Å². The van der Waals surface area contributed by atoms with Crippen molar-refractivity contribution in [3.05, 3.63) is 82.4 Å². The summed E-state index contributed by atoms with van der Waals surface area (Å²) in [4.78, 5) is 2.44. The fourth-order valence-electron chi connectivity index (χ4n) is 6.00. The van der Waals surface area contributed by atoms with Gasteiger partial charge in [-0.1, -0.05) is 76.4 Å². The Labute approximate surface area is 209 Å². The van der Waals surface area contributed by atoms with E-state index in [9.17, 15) is 13.2 Å². The molecule has 2 aromatic rings. The number of nitrogens with zero attached hydrogens (tertiary/aromatic N) is 1. The largest absolute Gasteiger partial charge is 0.416 e. The van der Waals surface area contributed by atoms with Gasteiger partial charge in [0.1, 0.15) is 0 Å². The normalized spacial score (nSPS) is 18.5. The SMILES string of the molecule is C=CC1CN(Cc2ccc(C(C)(C)Cc3ccc(C4CCCCC4)c(C(F)(F)F)c3)cc2CC)C1. The lowest BCUT2D eigenvalue weighted by atomic mass is 9.76. The maximum absolute atomic E-state index is 14.1. The number of likely N-dealkylation sites (tertiary alicyclic amines) is 1. The summed E-state index contributed by atoms with van der Waals surface area (Å²) in [5.74, 6) is 0.639. The number of halogens is 3. The first-order chi connectivity index (χ1) is 16.6. The summed E-state index contributed by atoms with van der Waals surface area (Å²) in [6.07, 6.45) is 4.18. The molecule has 0 radical (unpaired) electrons. The minimum atomic E-state index is -4.31. The molecule has 0 unspecified atom stereocenters. The van der Waals surface area contributed by atoms with Gasteiger partial charge in [0.25, 0.3) is 0 Å². The molecule has 190 valence electrons. The van der Waals surface area contributed by atoms with E-state index in [1.807, 2.05) is 12.1 Å². The Morgan fingerprint density at radius 1 is 0.971 bits per heavy atom. The van der Waals surface area contributed by atoms with E-state index in [4.69, 9.17) is 0 Å². The molecule has 0 aromatic heterocycles. The molecule has 0 atom stereocenters. The van der Waals surface area contributed by atoms with E-state index < -0.39 is 11.7 Å². The Hall–Kier alpha value is -2.07. The Balaban J connectivity index is 1.54. The summed E-state index contributed by atoms with van der Waals surface area (Å²) in [5.41, 5.74) is 4.46. The Bertz CT molecular complexity index is 1020. The van der Waals surface area contributed by atoms with Gasteiger partial charge < -0.3 is 0 Å². The maximum Gasteiger partial charge on any atom is 0.416 e. The summed E-state index contributed by atoms with van der Waals surface area (Å²) in [6.45, 7) is 13.4. The molecule has 0 amide bonds. The molecule has 0 N–H and O–H groups in total. The van der Waals surface area contributed by atoms with E-state index >= 15 is 0 Å². The monoisotopic (exact) mass is 483 g/mol. The molecule has 2 aliphatic rings. The van der Waals surface area contributed by atoms with Crippen LogP contribution in [-0.2, 0) is 31.0 Å². The molecule has 4 rings (SSSR count). The van der Waals surface area contributed by atoms with Crippen molar-refractivity contribution in [1.82, 2.24) is 4.90 Å². The lowest BCUT2D eigenvalue weighted by Crippen LogP contribution is -2.44. The maximum atomic E-state index is 14.1. The van der Waals surface area contributed by atoms with Crippen LogP contribution in [0.2, 0.25) is 0 Å².